The second kappa shape index (κ2) is 6.37. The van der Waals surface area contributed by atoms with Crippen molar-refractivity contribution in [2.45, 2.75) is 38.5 Å². The van der Waals surface area contributed by atoms with Gasteiger partial charge in [0.1, 0.15) is 0 Å². The number of aromatic carboxylic acids is 1. The van der Waals surface area contributed by atoms with Crippen molar-refractivity contribution in [3.8, 4) is 0 Å². The summed E-state index contributed by atoms with van der Waals surface area (Å²) in [4.78, 5) is 11.2. The largest absolute Gasteiger partial charge is 0.478 e. The molecule has 0 saturated heterocycles. The molecule has 0 aromatic heterocycles. The van der Waals surface area contributed by atoms with E-state index in [9.17, 15) is 13.2 Å². The van der Waals surface area contributed by atoms with E-state index in [-0.39, 0.29) is 10.5 Å². The Kier molecular flexibility index (Phi) is 5.30. The number of hydrogen-bond acceptors (Lipinski definition) is 3. The van der Waals surface area contributed by atoms with Crippen LogP contribution in [-0.2, 0) is 10.0 Å². The zero-order valence-electron chi connectivity index (χ0n) is 12.3. The first-order valence-corrected chi connectivity index (χ1v) is 7.96. The highest BCUT2D eigenvalue weighted by molar-refractivity contribution is 7.89. The van der Waals surface area contributed by atoms with Crippen LogP contribution in [0.4, 0.5) is 0 Å². The summed E-state index contributed by atoms with van der Waals surface area (Å²) >= 11 is 0. The third-order valence-corrected chi connectivity index (χ3v) is 5.36. The second-order valence-electron chi connectivity index (χ2n) is 4.90. The molecule has 0 bridgehead atoms. The molecule has 0 saturated carbocycles. The molecule has 0 heterocycles. The molecule has 5 nitrogen and oxygen atoms in total. The fraction of sp³-hybridized carbons (Fsp3) is 0.500. The summed E-state index contributed by atoms with van der Waals surface area (Å²) in [5.74, 6) is -1.12. The minimum atomic E-state index is -3.65. The second-order valence-corrected chi connectivity index (χ2v) is 6.91. The van der Waals surface area contributed by atoms with Gasteiger partial charge in [0, 0.05) is 13.6 Å². The van der Waals surface area contributed by atoms with Gasteiger partial charge in [-0.05, 0) is 43.5 Å². The van der Waals surface area contributed by atoms with E-state index in [0.717, 1.165) is 12.8 Å². The van der Waals surface area contributed by atoms with Gasteiger partial charge >= 0.3 is 5.97 Å². The summed E-state index contributed by atoms with van der Waals surface area (Å²) in [7, 11) is -2.13. The van der Waals surface area contributed by atoms with Crippen LogP contribution >= 0.6 is 0 Å². The average Bonchev–Trinajstić information content (AvgIpc) is 2.38. The molecule has 20 heavy (non-hydrogen) atoms. The zero-order chi connectivity index (χ0) is 15.5. The van der Waals surface area contributed by atoms with Crippen LogP contribution < -0.4 is 0 Å². The van der Waals surface area contributed by atoms with Crippen LogP contribution in [-0.4, -0.2) is 37.4 Å². The molecular formula is C14H21NO4S. The number of sulfonamides is 1. The number of carbonyl (C=O) groups is 1. The Labute approximate surface area is 120 Å². The molecule has 1 aromatic carbocycles. The minimum Gasteiger partial charge on any atom is -0.478 e. The number of benzene rings is 1. The highest BCUT2D eigenvalue weighted by Crippen LogP contribution is 2.24. The van der Waals surface area contributed by atoms with Gasteiger partial charge in [0.2, 0.25) is 10.0 Å². The van der Waals surface area contributed by atoms with Crippen molar-refractivity contribution in [1.82, 2.24) is 4.31 Å². The van der Waals surface area contributed by atoms with E-state index in [2.05, 4.69) is 0 Å². The molecule has 0 spiro atoms. The van der Waals surface area contributed by atoms with Gasteiger partial charge in [0.25, 0.3) is 0 Å². The first-order valence-electron chi connectivity index (χ1n) is 6.52. The Bertz CT molecular complexity index is 608. The van der Waals surface area contributed by atoms with Gasteiger partial charge in [-0.2, -0.15) is 0 Å². The summed E-state index contributed by atoms with van der Waals surface area (Å²) in [6.45, 7) is 5.82. The van der Waals surface area contributed by atoms with Crippen molar-refractivity contribution in [1.29, 1.82) is 0 Å². The van der Waals surface area contributed by atoms with Crippen molar-refractivity contribution >= 4 is 16.0 Å². The van der Waals surface area contributed by atoms with Gasteiger partial charge < -0.3 is 5.11 Å². The maximum atomic E-state index is 12.5. The van der Waals surface area contributed by atoms with E-state index < -0.39 is 16.0 Å². The summed E-state index contributed by atoms with van der Waals surface area (Å²) < 4.78 is 26.3. The Morgan fingerprint density at radius 2 is 1.90 bits per heavy atom. The summed E-state index contributed by atoms with van der Waals surface area (Å²) in [6, 6.07) is 2.73. The van der Waals surface area contributed by atoms with Crippen molar-refractivity contribution in [2.24, 2.45) is 0 Å². The van der Waals surface area contributed by atoms with Gasteiger partial charge in [-0.15, -0.1) is 0 Å². The normalized spacial score (nSPS) is 11.8. The van der Waals surface area contributed by atoms with Gasteiger partial charge in [0.15, 0.2) is 0 Å². The molecule has 0 aliphatic rings. The Balaban J connectivity index is 3.34. The van der Waals surface area contributed by atoms with Crippen molar-refractivity contribution in [2.75, 3.05) is 13.6 Å². The lowest BCUT2D eigenvalue weighted by Gasteiger charge is -2.19. The van der Waals surface area contributed by atoms with E-state index in [0.29, 0.717) is 17.7 Å². The maximum Gasteiger partial charge on any atom is 0.335 e. The monoisotopic (exact) mass is 299 g/mol. The Morgan fingerprint density at radius 3 is 2.40 bits per heavy atom. The Hall–Kier alpha value is -1.40. The first-order chi connectivity index (χ1) is 9.21. The van der Waals surface area contributed by atoms with E-state index >= 15 is 0 Å². The lowest BCUT2D eigenvalue weighted by atomic mass is 10.1. The molecule has 0 aliphatic carbocycles. The van der Waals surface area contributed by atoms with Crippen molar-refractivity contribution in [3.63, 3.8) is 0 Å². The van der Waals surface area contributed by atoms with Crippen molar-refractivity contribution in [3.05, 3.63) is 28.8 Å². The number of rotatable bonds is 6. The third kappa shape index (κ3) is 3.37. The van der Waals surface area contributed by atoms with Gasteiger partial charge in [0.05, 0.1) is 10.5 Å². The fourth-order valence-electron chi connectivity index (χ4n) is 1.89. The number of aryl methyl sites for hydroxylation is 1. The average molecular weight is 299 g/mol. The van der Waals surface area contributed by atoms with E-state index in [4.69, 9.17) is 5.11 Å². The number of carboxylic acids is 1. The molecule has 0 aliphatic heterocycles. The molecule has 112 valence electrons. The van der Waals surface area contributed by atoms with Crippen LogP contribution in [0.5, 0.6) is 0 Å². The lowest BCUT2D eigenvalue weighted by molar-refractivity contribution is 0.0696. The number of unbranched alkanes of at least 4 members (excludes halogenated alkanes) is 1. The molecule has 1 rings (SSSR count). The lowest BCUT2D eigenvalue weighted by Crippen LogP contribution is -2.29. The first kappa shape index (κ1) is 16.7. The molecular weight excluding hydrogens is 278 g/mol. The summed E-state index contributed by atoms with van der Waals surface area (Å²) in [6.07, 6.45) is 1.67. The summed E-state index contributed by atoms with van der Waals surface area (Å²) in [5.41, 5.74) is 1.25. The molecule has 0 amide bonds. The molecule has 1 aromatic rings. The number of carboxylic acid groups (broad SMARTS) is 1. The molecule has 1 N–H and O–H groups in total. The van der Waals surface area contributed by atoms with E-state index in [1.165, 1.54) is 23.5 Å². The molecule has 0 atom stereocenters. The van der Waals surface area contributed by atoms with Crippen LogP contribution in [0.1, 0.15) is 41.3 Å². The number of nitrogens with zero attached hydrogens (tertiary/aromatic N) is 1. The highest BCUT2D eigenvalue weighted by atomic mass is 32.2. The van der Waals surface area contributed by atoms with E-state index in [1.807, 2.05) is 6.92 Å². The quantitative estimate of drug-likeness (QED) is 0.875. The predicted molar refractivity (Wildman–Crippen MR) is 77.6 cm³/mol. The van der Waals surface area contributed by atoms with Crippen LogP contribution in [0.25, 0.3) is 0 Å². The van der Waals surface area contributed by atoms with Crippen molar-refractivity contribution < 1.29 is 18.3 Å². The van der Waals surface area contributed by atoms with Crippen LogP contribution in [0.2, 0.25) is 0 Å². The van der Waals surface area contributed by atoms with E-state index in [1.54, 1.807) is 13.8 Å². The maximum absolute atomic E-state index is 12.5. The molecule has 0 radical (unpaired) electrons. The Morgan fingerprint density at radius 1 is 1.30 bits per heavy atom. The van der Waals surface area contributed by atoms with Gasteiger partial charge in [-0.3, -0.25) is 0 Å². The molecule has 0 fully saturated rings. The van der Waals surface area contributed by atoms with Crippen LogP contribution in [0.15, 0.2) is 17.0 Å². The SMILES string of the molecule is CCCCN(C)S(=O)(=O)c1cc(C(=O)O)cc(C)c1C. The standard InChI is InChI=1S/C14H21NO4S/c1-5-6-7-15(4)20(18,19)13-9-12(14(16)17)8-10(2)11(13)3/h8-9H,5-7H2,1-4H3,(H,16,17). The zero-order valence-corrected chi connectivity index (χ0v) is 13.1. The van der Waals surface area contributed by atoms with Gasteiger partial charge in [-0.25, -0.2) is 17.5 Å². The smallest absolute Gasteiger partial charge is 0.335 e. The molecule has 0 unspecified atom stereocenters. The summed E-state index contributed by atoms with van der Waals surface area (Å²) in [5, 5.41) is 9.06. The number of hydrogen-bond donors (Lipinski definition) is 1. The third-order valence-electron chi connectivity index (χ3n) is 3.38. The molecule has 6 heteroatoms. The topological polar surface area (TPSA) is 74.7 Å². The highest BCUT2D eigenvalue weighted by Gasteiger charge is 2.24. The fourth-order valence-corrected chi connectivity index (χ4v) is 3.42. The van der Waals surface area contributed by atoms with Crippen LogP contribution in [0.3, 0.4) is 0 Å². The van der Waals surface area contributed by atoms with Crippen LogP contribution in [0, 0.1) is 13.8 Å². The van der Waals surface area contributed by atoms with Gasteiger partial charge in [-0.1, -0.05) is 13.3 Å². The predicted octanol–water partition coefficient (Wildman–Crippen LogP) is 2.42. The minimum absolute atomic E-state index is 0.00411.